The van der Waals surface area contributed by atoms with Crippen molar-refractivity contribution in [2.24, 2.45) is 0 Å². The van der Waals surface area contributed by atoms with Crippen molar-refractivity contribution < 1.29 is 0 Å². The van der Waals surface area contributed by atoms with Crippen molar-refractivity contribution in [2.75, 3.05) is 7.05 Å². The van der Waals surface area contributed by atoms with Crippen molar-refractivity contribution in [3.8, 4) is 5.95 Å². The van der Waals surface area contributed by atoms with Crippen LogP contribution in [0.3, 0.4) is 0 Å². The average Bonchev–Trinajstić information content (AvgIpc) is 2.66. The first kappa shape index (κ1) is 12.7. The van der Waals surface area contributed by atoms with Crippen LogP contribution in [0.15, 0.2) is 12.4 Å². The molecule has 0 amide bonds. The van der Waals surface area contributed by atoms with Gasteiger partial charge in [-0.3, -0.25) is 0 Å². The SMILES string of the molecule is CCc1c(C)nn(-c2ncc(CNC)cn2)c1C. The van der Waals surface area contributed by atoms with Crippen LogP contribution in [0.4, 0.5) is 0 Å². The van der Waals surface area contributed by atoms with E-state index >= 15 is 0 Å². The Morgan fingerprint density at radius 2 is 1.89 bits per heavy atom. The lowest BCUT2D eigenvalue weighted by atomic mass is 10.1. The summed E-state index contributed by atoms with van der Waals surface area (Å²) in [5.41, 5.74) is 4.52. The predicted octanol–water partition coefficient (Wildman–Crippen LogP) is 1.56. The number of nitrogens with zero attached hydrogens (tertiary/aromatic N) is 4. The van der Waals surface area contributed by atoms with Crippen LogP contribution in [-0.2, 0) is 13.0 Å². The highest BCUT2D eigenvalue weighted by molar-refractivity contribution is 5.29. The van der Waals surface area contributed by atoms with Crippen molar-refractivity contribution >= 4 is 0 Å². The summed E-state index contributed by atoms with van der Waals surface area (Å²) >= 11 is 0. The van der Waals surface area contributed by atoms with Crippen LogP contribution in [0.5, 0.6) is 0 Å². The van der Waals surface area contributed by atoms with Gasteiger partial charge in [-0.1, -0.05) is 6.92 Å². The maximum absolute atomic E-state index is 4.50. The van der Waals surface area contributed by atoms with Gasteiger partial charge < -0.3 is 5.32 Å². The number of aryl methyl sites for hydroxylation is 1. The zero-order valence-electron chi connectivity index (χ0n) is 11.4. The maximum atomic E-state index is 4.50. The third-order valence-corrected chi connectivity index (χ3v) is 3.06. The van der Waals surface area contributed by atoms with E-state index in [9.17, 15) is 0 Å². The molecule has 0 fully saturated rings. The Kier molecular flexibility index (Phi) is 3.72. The van der Waals surface area contributed by atoms with E-state index in [4.69, 9.17) is 0 Å². The van der Waals surface area contributed by atoms with Gasteiger partial charge in [0.05, 0.1) is 5.69 Å². The second kappa shape index (κ2) is 5.27. The molecule has 5 heteroatoms. The first-order valence-corrected chi connectivity index (χ1v) is 6.18. The molecule has 5 nitrogen and oxygen atoms in total. The van der Waals surface area contributed by atoms with Gasteiger partial charge in [-0.15, -0.1) is 0 Å². The van der Waals surface area contributed by atoms with Crippen LogP contribution in [0, 0.1) is 13.8 Å². The Bertz CT molecular complexity index is 527. The highest BCUT2D eigenvalue weighted by Crippen LogP contribution is 2.15. The van der Waals surface area contributed by atoms with Crippen molar-refractivity contribution in [1.29, 1.82) is 0 Å². The third kappa shape index (κ3) is 2.26. The molecule has 2 aromatic rings. The molecule has 0 saturated carbocycles. The smallest absolute Gasteiger partial charge is 0.250 e. The number of aromatic nitrogens is 4. The van der Waals surface area contributed by atoms with Gasteiger partial charge in [0.1, 0.15) is 0 Å². The predicted molar refractivity (Wildman–Crippen MR) is 70.8 cm³/mol. The quantitative estimate of drug-likeness (QED) is 0.888. The van der Waals surface area contributed by atoms with Gasteiger partial charge in [0.15, 0.2) is 0 Å². The van der Waals surface area contributed by atoms with Crippen molar-refractivity contribution in [3.63, 3.8) is 0 Å². The molecular weight excluding hydrogens is 226 g/mol. The lowest BCUT2D eigenvalue weighted by Gasteiger charge is -2.04. The van der Waals surface area contributed by atoms with E-state index < -0.39 is 0 Å². The fraction of sp³-hybridized carbons (Fsp3) is 0.462. The highest BCUT2D eigenvalue weighted by Gasteiger charge is 2.12. The molecule has 2 aromatic heterocycles. The molecule has 0 saturated heterocycles. The summed E-state index contributed by atoms with van der Waals surface area (Å²) in [4.78, 5) is 8.73. The van der Waals surface area contributed by atoms with Gasteiger partial charge in [0.2, 0.25) is 0 Å². The average molecular weight is 245 g/mol. The van der Waals surface area contributed by atoms with Crippen molar-refractivity contribution in [1.82, 2.24) is 25.1 Å². The van der Waals surface area contributed by atoms with E-state index in [0.29, 0.717) is 5.95 Å². The first-order valence-electron chi connectivity index (χ1n) is 6.18. The molecule has 0 aromatic carbocycles. The summed E-state index contributed by atoms with van der Waals surface area (Å²) in [6.07, 6.45) is 4.65. The molecule has 0 spiro atoms. The molecule has 96 valence electrons. The van der Waals surface area contributed by atoms with E-state index in [1.807, 2.05) is 31.0 Å². The molecule has 0 radical (unpaired) electrons. The normalized spacial score (nSPS) is 10.9. The van der Waals surface area contributed by atoms with Gasteiger partial charge in [0, 0.05) is 30.2 Å². The minimum atomic E-state index is 0.634. The van der Waals surface area contributed by atoms with Crippen LogP contribution >= 0.6 is 0 Å². The highest BCUT2D eigenvalue weighted by atomic mass is 15.4. The molecule has 18 heavy (non-hydrogen) atoms. The molecule has 0 aliphatic heterocycles. The summed E-state index contributed by atoms with van der Waals surface area (Å²) in [6.45, 7) is 7.00. The van der Waals surface area contributed by atoms with Crippen LogP contribution in [-0.4, -0.2) is 26.8 Å². The molecule has 0 atom stereocenters. The lowest BCUT2D eigenvalue weighted by molar-refractivity contribution is 0.755. The summed E-state index contributed by atoms with van der Waals surface area (Å²) in [7, 11) is 1.91. The van der Waals surface area contributed by atoms with Crippen LogP contribution in [0.1, 0.15) is 29.4 Å². The molecule has 0 aliphatic rings. The molecule has 2 rings (SSSR count). The summed E-state index contributed by atoms with van der Waals surface area (Å²) in [6, 6.07) is 0. The Balaban J connectivity index is 2.36. The van der Waals surface area contributed by atoms with Gasteiger partial charge in [-0.05, 0) is 32.9 Å². The maximum Gasteiger partial charge on any atom is 0.250 e. The van der Waals surface area contributed by atoms with Gasteiger partial charge >= 0.3 is 0 Å². The van der Waals surface area contributed by atoms with E-state index in [1.54, 1.807) is 0 Å². The molecule has 0 bridgehead atoms. The van der Waals surface area contributed by atoms with Crippen molar-refractivity contribution in [2.45, 2.75) is 33.7 Å². The minimum Gasteiger partial charge on any atom is -0.316 e. The molecule has 0 aliphatic carbocycles. The number of hydrogen-bond donors (Lipinski definition) is 1. The largest absolute Gasteiger partial charge is 0.316 e. The summed E-state index contributed by atoms with van der Waals surface area (Å²) in [5.74, 6) is 0.634. The Labute approximate surface area is 107 Å². The zero-order chi connectivity index (χ0) is 13.1. The van der Waals surface area contributed by atoms with Gasteiger partial charge in [-0.25, -0.2) is 14.6 Å². The number of rotatable bonds is 4. The summed E-state index contributed by atoms with van der Waals surface area (Å²) in [5, 5.41) is 7.58. The Morgan fingerprint density at radius 1 is 1.22 bits per heavy atom. The fourth-order valence-electron chi connectivity index (χ4n) is 2.13. The minimum absolute atomic E-state index is 0.634. The van der Waals surface area contributed by atoms with Crippen LogP contribution in [0.25, 0.3) is 5.95 Å². The van der Waals surface area contributed by atoms with E-state index in [2.05, 4.69) is 34.2 Å². The Morgan fingerprint density at radius 3 is 2.39 bits per heavy atom. The topological polar surface area (TPSA) is 55.6 Å². The van der Waals surface area contributed by atoms with Crippen molar-refractivity contribution in [3.05, 3.63) is 34.9 Å². The lowest BCUT2D eigenvalue weighted by Crippen LogP contribution is -2.09. The molecule has 2 heterocycles. The first-order chi connectivity index (χ1) is 8.67. The molecular formula is C13H19N5. The fourth-order valence-corrected chi connectivity index (χ4v) is 2.13. The number of nitrogens with one attached hydrogen (secondary N) is 1. The summed E-state index contributed by atoms with van der Waals surface area (Å²) < 4.78 is 1.82. The zero-order valence-corrected chi connectivity index (χ0v) is 11.4. The van der Waals surface area contributed by atoms with E-state index in [-0.39, 0.29) is 0 Å². The van der Waals surface area contributed by atoms with Gasteiger partial charge in [-0.2, -0.15) is 5.10 Å². The second-order valence-electron chi connectivity index (χ2n) is 4.34. The molecule has 0 unspecified atom stereocenters. The van der Waals surface area contributed by atoms with E-state index in [1.165, 1.54) is 5.56 Å². The third-order valence-electron chi connectivity index (χ3n) is 3.06. The van der Waals surface area contributed by atoms with Crippen LogP contribution in [0.2, 0.25) is 0 Å². The monoisotopic (exact) mass is 245 g/mol. The van der Waals surface area contributed by atoms with Gasteiger partial charge in [0.25, 0.3) is 5.95 Å². The van der Waals surface area contributed by atoms with Crippen LogP contribution < -0.4 is 5.32 Å². The number of hydrogen-bond acceptors (Lipinski definition) is 4. The molecule has 1 N–H and O–H groups in total. The van der Waals surface area contributed by atoms with E-state index in [0.717, 1.165) is 29.9 Å². The second-order valence-corrected chi connectivity index (χ2v) is 4.34. The standard InChI is InChI=1S/C13H19N5/c1-5-12-9(2)17-18(10(12)3)13-15-7-11(6-14-4)8-16-13/h7-8,14H,5-6H2,1-4H3. The Hall–Kier alpha value is -1.75.